The third-order valence-corrected chi connectivity index (χ3v) is 5.93. The second-order valence-corrected chi connectivity index (χ2v) is 7.46. The molecule has 0 spiro atoms. The van der Waals surface area contributed by atoms with Crippen molar-refractivity contribution < 1.29 is 13.2 Å². The molecule has 0 atom stereocenters. The van der Waals surface area contributed by atoms with Gasteiger partial charge in [-0.3, -0.25) is 9.48 Å². The Morgan fingerprint density at radius 1 is 1.29 bits per heavy atom. The van der Waals surface area contributed by atoms with Gasteiger partial charge in [0.25, 0.3) is 15.9 Å². The molecule has 11 heteroatoms. The van der Waals surface area contributed by atoms with Crippen LogP contribution in [-0.2, 0) is 17.1 Å². The molecule has 2 aromatic heterocycles. The molecule has 0 aromatic carbocycles. The summed E-state index contributed by atoms with van der Waals surface area (Å²) >= 11 is 11.8. The summed E-state index contributed by atoms with van der Waals surface area (Å²) in [6.45, 7) is 4.55. The summed E-state index contributed by atoms with van der Waals surface area (Å²) in [4.78, 5) is 20.1. The number of aromatic nitrogens is 4. The monoisotopic (exact) mass is 391 g/mol. The number of halogens is 2. The first-order valence-electron chi connectivity index (χ1n) is 6.87. The van der Waals surface area contributed by atoms with Crippen molar-refractivity contribution in [2.75, 3.05) is 6.54 Å². The second kappa shape index (κ2) is 6.66. The van der Waals surface area contributed by atoms with Crippen LogP contribution in [0.2, 0.25) is 10.4 Å². The van der Waals surface area contributed by atoms with Gasteiger partial charge >= 0.3 is 0 Å². The van der Waals surface area contributed by atoms with E-state index in [4.69, 9.17) is 23.2 Å². The lowest BCUT2D eigenvalue weighted by Crippen LogP contribution is -2.37. The number of sulfonamides is 1. The van der Waals surface area contributed by atoms with Crippen LogP contribution in [0.25, 0.3) is 0 Å². The van der Waals surface area contributed by atoms with Gasteiger partial charge in [-0.15, -0.1) is 0 Å². The SMILES string of the molecule is CCN(C(=O)c1cc(C)nc(Cl)n1)S(=O)(=O)c1c(C)nn(C)c1Cl. The van der Waals surface area contributed by atoms with E-state index in [2.05, 4.69) is 15.1 Å². The summed E-state index contributed by atoms with van der Waals surface area (Å²) in [7, 11) is -2.69. The average Bonchev–Trinajstić information content (AvgIpc) is 2.71. The number of carbonyl (C=O) groups is 1. The molecule has 0 radical (unpaired) electrons. The largest absolute Gasteiger partial charge is 0.286 e. The number of amides is 1. The third-order valence-electron chi connectivity index (χ3n) is 3.21. The van der Waals surface area contributed by atoms with Gasteiger partial charge in [0.05, 0.1) is 5.69 Å². The van der Waals surface area contributed by atoms with Gasteiger partial charge in [0, 0.05) is 19.3 Å². The Morgan fingerprint density at radius 3 is 2.38 bits per heavy atom. The Morgan fingerprint density at radius 2 is 1.92 bits per heavy atom. The van der Waals surface area contributed by atoms with Gasteiger partial charge in [-0.05, 0) is 38.4 Å². The number of rotatable bonds is 4. The normalized spacial score (nSPS) is 11.6. The van der Waals surface area contributed by atoms with Crippen LogP contribution in [0.4, 0.5) is 0 Å². The van der Waals surface area contributed by atoms with Crippen molar-refractivity contribution in [3.05, 3.63) is 33.6 Å². The molecular weight excluding hydrogens is 377 g/mol. The van der Waals surface area contributed by atoms with Crippen molar-refractivity contribution in [3.63, 3.8) is 0 Å². The topological polar surface area (TPSA) is 98.1 Å². The van der Waals surface area contributed by atoms with Crippen LogP contribution >= 0.6 is 23.2 Å². The van der Waals surface area contributed by atoms with Crippen molar-refractivity contribution in [2.24, 2.45) is 7.05 Å². The Balaban J connectivity index is 2.56. The van der Waals surface area contributed by atoms with Gasteiger partial charge in [0.15, 0.2) is 0 Å². The Bertz CT molecular complexity index is 890. The molecule has 0 unspecified atom stereocenters. The highest BCUT2D eigenvalue weighted by molar-refractivity contribution is 7.89. The molecule has 0 fully saturated rings. The summed E-state index contributed by atoms with van der Waals surface area (Å²) in [5.41, 5.74) is 0.531. The highest BCUT2D eigenvalue weighted by Gasteiger charge is 2.35. The van der Waals surface area contributed by atoms with Crippen LogP contribution in [0.3, 0.4) is 0 Å². The minimum Gasteiger partial charge on any atom is -0.266 e. The molecule has 0 saturated heterocycles. The van der Waals surface area contributed by atoms with E-state index in [0.717, 1.165) is 0 Å². The molecular formula is C13H15Cl2N5O3S. The van der Waals surface area contributed by atoms with Crippen LogP contribution in [0.1, 0.15) is 28.8 Å². The summed E-state index contributed by atoms with van der Waals surface area (Å²) in [5, 5.41) is 3.76. The summed E-state index contributed by atoms with van der Waals surface area (Å²) in [5.74, 6) is -0.816. The molecule has 0 bridgehead atoms. The Kier molecular flexibility index (Phi) is 5.17. The van der Waals surface area contributed by atoms with Crippen LogP contribution in [0, 0.1) is 13.8 Å². The lowest BCUT2D eigenvalue weighted by molar-refractivity contribution is 0.0860. The summed E-state index contributed by atoms with van der Waals surface area (Å²) in [6, 6.07) is 1.37. The molecule has 0 saturated carbocycles. The first-order valence-corrected chi connectivity index (χ1v) is 9.06. The van der Waals surface area contributed by atoms with Gasteiger partial charge in [-0.2, -0.15) is 5.10 Å². The fraction of sp³-hybridized carbons (Fsp3) is 0.385. The predicted molar refractivity (Wildman–Crippen MR) is 88.6 cm³/mol. The number of aryl methyl sites for hydroxylation is 3. The Labute approximate surface area is 149 Å². The zero-order valence-corrected chi connectivity index (χ0v) is 15.7. The van der Waals surface area contributed by atoms with Crippen LogP contribution in [0.5, 0.6) is 0 Å². The van der Waals surface area contributed by atoms with E-state index in [9.17, 15) is 13.2 Å². The Hall–Kier alpha value is -1.71. The maximum Gasteiger partial charge on any atom is 0.286 e. The fourth-order valence-corrected chi connectivity index (χ4v) is 4.53. The lowest BCUT2D eigenvalue weighted by atomic mass is 10.3. The second-order valence-electron chi connectivity index (χ2n) is 4.97. The molecule has 0 aliphatic carbocycles. The molecule has 130 valence electrons. The van der Waals surface area contributed by atoms with E-state index in [0.29, 0.717) is 10.00 Å². The van der Waals surface area contributed by atoms with E-state index in [-0.39, 0.29) is 33.3 Å². The van der Waals surface area contributed by atoms with E-state index in [1.165, 1.54) is 31.6 Å². The van der Waals surface area contributed by atoms with Crippen molar-refractivity contribution in [3.8, 4) is 0 Å². The number of hydrogen-bond donors (Lipinski definition) is 0. The highest BCUT2D eigenvalue weighted by Crippen LogP contribution is 2.28. The molecule has 2 heterocycles. The minimum atomic E-state index is -4.20. The van der Waals surface area contributed by atoms with Crippen LogP contribution in [-0.4, -0.2) is 44.9 Å². The quantitative estimate of drug-likeness (QED) is 0.738. The molecule has 24 heavy (non-hydrogen) atoms. The molecule has 2 aromatic rings. The smallest absolute Gasteiger partial charge is 0.266 e. The van der Waals surface area contributed by atoms with Crippen LogP contribution in [0.15, 0.2) is 11.0 Å². The summed E-state index contributed by atoms with van der Waals surface area (Å²) < 4.78 is 27.7. The molecule has 0 aliphatic heterocycles. The summed E-state index contributed by atoms with van der Waals surface area (Å²) in [6.07, 6.45) is 0. The number of nitrogens with zero attached hydrogens (tertiary/aromatic N) is 5. The van der Waals surface area contributed by atoms with Gasteiger partial charge in [-0.25, -0.2) is 22.7 Å². The van der Waals surface area contributed by atoms with Crippen molar-refractivity contribution in [1.82, 2.24) is 24.1 Å². The van der Waals surface area contributed by atoms with Gasteiger partial charge in [-0.1, -0.05) is 11.6 Å². The molecule has 0 N–H and O–H groups in total. The van der Waals surface area contributed by atoms with Gasteiger partial charge in [0.1, 0.15) is 15.7 Å². The molecule has 2 rings (SSSR count). The molecule has 8 nitrogen and oxygen atoms in total. The molecule has 0 aliphatic rings. The maximum absolute atomic E-state index is 12.9. The van der Waals surface area contributed by atoms with Crippen molar-refractivity contribution >= 4 is 39.1 Å². The van der Waals surface area contributed by atoms with Gasteiger partial charge in [0.2, 0.25) is 5.28 Å². The number of hydrogen-bond acceptors (Lipinski definition) is 6. The first-order chi connectivity index (χ1) is 11.1. The zero-order valence-electron chi connectivity index (χ0n) is 13.4. The average molecular weight is 392 g/mol. The first kappa shape index (κ1) is 18.6. The van der Waals surface area contributed by atoms with E-state index >= 15 is 0 Å². The maximum atomic E-state index is 12.9. The standard InChI is InChI=1S/C13H15Cl2N5O3S/c1-5-20(12(21)9-6-7(2)16-13(15)17-9)24(22,23)10-8(3)18-19(4)11(10)14/h6H,5H2,1-4H3. The predicted octanol–water partition coefficient (Wildman–Crippen LogP) is 1.98. The van der Waals surface area contributed by atoms with Crippen LogP contribution < -0.4 is 0 Å². The zero-order chi connectivity index (χ0) is 18.2. The molecule has 1 amide bonds. The van der Waals surface area contributed by atoms with Gasteiger partial charge < -0.3 is 0 Å². The van der Waals surface area contributed by atoms with E-state index < -0.39 is 15.9 Å². The fourth-order valence-electron chi connectivity index (χ4n) is 2.21. The highest BCUT2D eigenvalue weighted by atomic mass is 35.5. The van der Waals surface area contributed by atoms with Crippen molar-refractivity contribution in [2.45, 2.75) is 25.7 Å². The van der Waals surface area contributed by atoms with E-state index in [1.54, 1.807) is 6.92 Å². The number of carbonyl (C=O) groups excluding carboxylic acids is 1. The third kappa shape index (κ3) is 3.24. The van der Waals surface area contributed by atoms with E-state index in [1.807, 2.05) is 0 Å². The van der Waals surface area contributed by atoms with Crippen molar-refractivity contribution in [1.29, 1.82) is 0 Å². The minimum absolute atomic E-state index is 0.0735. The lowest BCUT2D eigenvalue weighted by Gasteiger charge is -2.20.